The lowest BCUT2D eigenvalue weighted by molar-refractivity contribution is 0.667. The van der Waals surface area contributed by atoms with Gasteiger partial charge >= 0.3 is 0 Å². The smallest absolute Gasteiger partial charge is 0.164 e. The van der Waals surface area contributed by atoms with Crippen molar-refractivity contribution in [2.75, 3.05) is 0 Å². The minimum absolute atomic E-state index is 0.576. The van der Waals surface area contributed by atoms with Gasteiger partial charge in [-0.05, 0) is 24.3 Å². The number of rotatable bonds is 4. The first-order valence-electron chi connectivity index (χ1n) is 13.3. The van der Waals surface area contributed by atoms with E-state index in [9.17, 15) is 0 Å². The fourth-order valence-electron chi connectivity index (χ4n) is 5.19. The Morgan fingerprint density at radius 1 is 0.439 bits per heavy atom. The maximum Gasteiger partial charge on any atom is 0.164 e. The number of benzene rings is 4. The van der Waals surface area contributed by atoms with Crippen LogP contribution < -0.4 is 0 Å². The first kappa shape index (κ1) is 23.2. The Labute approximate surface area is 235 Å². The van der Waals surface area contributed by atoms with Crippen molar-refractivity contribution in [3.63, 3.8) is 0 Å². The Balaban J connectivity index is 1.37. The minimum atomic E-state index is 0.576. The van der Waals surface area contributed by atoms with Gasteiger partial charge in [-0.25, -0.2) is 19.9 Å². The number of hydrogen-bond acceptors (Lipinski definition) is 6. The molecule has 0 unspecified atom stereocenters. The summed E-state index contributed by atoms with van der Waals surface area (Å²) in [6.45, 7) is 0. The predicted molar refractivity (Wildman–Crippen MR) is 162 cm³/mol. The first-order chi connectivity index (χ1) is 20.3. The second-order valence-electron chi connectivity index (χ2n) is 9.77. The van der Waals surface area contributed by atoms with Crippen LogP contribution in [0.3, 0.4) is 0 Å². The molecule has 0 spiro atoms. The van der Waals surface area contributed by atoms with E-state index in [1.807, 2.05) is 109 Å². The summed E-state index contributed by atoms with van der Waals surface area (Å²) in [7, 11) is 0. The summed E-state index contributed by atoms with van der Waals surface area (Å²) in [6.07, 6.45) is 1.77. The molecule has 0 aliphatic heterocycles. The maximum absolute atomic E-state index is 6.01. The molecule has 4 heterocycles. The van der Waals surface area contributed by atoms with E-state index in [1.54, 1.807) is 6.20 Å². The van der Waals surface area contributed by atoms with Gasteiger partial charge in [0.05, 0.1) is 23.1 Å². The number of fused-ring (bicyclic) bond motifs is 4. The van der Waals surface area contributed by atoms with Crippen LogP contribution in [0.25, 0.3) is 78.4 Å². The van der Waals surface area contributed by atoms with Crippen molar-refractivity contribution in [3.8, 4) is 45.6 Å². The number of nitrogens with zero attached hydrogens (tertiary/aromatic N) is 5. The molecule has 0 fully saturated rings. The normalized spacial score (nSPS) is 11.4. The molecule has 0 saturated carbocycles. The van der Waals surface area contributed by atoms with Gasteiger partial charge in [0.15, 0.2) is 23.1 Å². The molecule has 0 radical (unpaired) electrons. The van der Waals surface area contributed by atoms with Crippen LogP contribution in [0.15, 0.2) is 132 Å². The Bertz CT molecular complexity index is 2150. The highest BCUT2D eigenvalue weighted by atomic mass is 16.3. The standard InChI is InChI=1S/C35H21N5O/c1-3-11-22(12-4-1)33-38-34(23-13-5-2-6-14-23)40-35(39-33)27-20-30(37-28-17-9-7-15-24(27)28)29-19-26-25-16-8-10-18-31(25)41-32(26)21-36-29/h1-21H. The summed E-state index contributed by atoms with van der Waals surface area (Å²) < 4.78 is 6.01. The zero-order chi connectivity index (χ0) is 27.2. The fourth-order valence-corrected chi connectivity index (χ4v) is 5.19. The molecule has 41 heavy (non-hydrogen) atoms. The fraction of sp³-hybridized carbons (Fsp3) is 0. The molecule has 0 bridgehead atoms. The number of furan rings is 1. The molecule has 192 valence electrons. The molecule has 4 aromatic carbocycles. The monoisotopic (exact) mass is 527 g/mol. The average Bonchev–Trinajstić information content (AvgIpc) is 3.43. The van der Waals surface area contributed by atoms with Gasteiger partial charge in [-0.2, -0.15) is 0 Å². The first-order valence-corrected chi connectivity index (χ1v) is 13.3. The Morgan fingerprint density at radius 3 is 1.78 bits per heavy atom. The van der Waals surface area contributed by atoms with Crippen LogP contribution in [0.5, 0.6) is 0 Å². The van der Waals surface area contributed by atoms with Gasteiger partial charge < -0.3 is 4.42 Å². The minimum Gasteiger partial charge on any atom is -0.454 e. The van der Waals surface area contributed by atoms with Crippen LogP contribution in [0.4, 0.5) is 0 Å². The Hall–Kier alpha value is -5.75. The van der Waals surface area contributed by atoms with E-state index in [0.717, 1.165) is 60.9 Å². The van der Waals surface area contributed by atoms with E-state index in [2.05, 4.69) is 12.1 Å². The molecule has 0 atom stereocenters. The van der Waals surface area contributed by atoms with E-state index >= 15 is 0 Å². The number of para-hydroxylation sites is 2. The molecule has 4 aromatic heterocycles. The van der Waals surface area contributed by atoms with Crippen molar-refractivity contribution in [1.82, 2.24) is 24.9 Å². The molecule has 8 rings (SSSR count). The van der Waals surface area contributed by atoms with Gasteiger partial charge in [0.25, 0.3) is 0 Å². The van der Waals surface area contributed by atoms with Crippen molar-refractivity contribution in [2.45, 2.75) is 0 Å². The van der Waals surface area contributed by atoms with Gasteiger partial charge in [0.1, 0.15) is 5.58 Å². The summed E-state index contributed by atoms with van der Waals surface area (Å²) in [5.41, 5.74) is 6.60. The number of pyridine rings is 2. The third-order valence-corrected chi connectivity index (χ3v) is 7.18. The zero-order valence-electron chi connectivity index (χ0n) is 21.8. The molecular formula is C35H21N5O. The largest absolute Gasteiger partial charge is 0.454 e. The van der Waals surface area contributed by atoms with Crippen molar-refractivity contribution in [1.29, 1.82) is 0 Å². The van der Waals surface area contributed by atoms with E-state index in [1.165, 1.54) is 0 Å². The third kappa shape index (κ3) is 4.10. The zero-order valence-corrected chi connectivity index (χ0v) is 21.8. The van der Waals surface area contributed by atoms with E-state index in [-0.39, 0.29) is 0 Å². The maximum atomic E-state index is 6.01. The van der Waals surface area contributed by atoms with E-state index in [0.29, 0.717) is 17.5 Å². The molecule has 0 aliphatic rings. The van der Waals surface area contributed by atoms with Gasteiger partial charge in [-0.1, -0.05) is 97.1 Å². The molecule has 8 aromatic rings. The van der Waals surface area contributed by atoms with Crippen molar-refractivity contribution < 1.29 is 4.42 Å². The molecule has 6 heteroatoms. The highest BCUT2D eigenvalue weighted by Gasteiger charge is 2.17. The van der Waals surface area contributed by atoms with Gasteiger partial charge in [-0.3, -0.25) is 4.98 Å². The number of hydrogen-bond donors (Lipinski definition) is 0. The van der Waals surface area contributed by atoms with Crippen molar-refractivity contribution in [3.05, 3.63) is 128 Å². The summed E-state index contributed by atoms with van der Waals surface area (Å²) >= 11 is 0. The molecule has 0 saturated heterocycles. The Morgan fingerprint density at radius 2 is 1.05 bits per heavy atom. The van der Waals surface area contributed by atoms with Crippen LogP contribution in [0.1, 0.15) is 0 Å². The Kier molecular flexibility index (Phi) is 5.35. The summed E-state index contributed by atoms with van der Waals surface area (Å²) in [5.74, 6) is 1.80. The molecule has 0 aliphatic carbocycles. The SMILES string of the molecule is c1ccc(-c2nc(-c3ccccc3)nc(-c3cc(-c4cc5c(cn4)oc4ccccc45)nc4ccccc34)n2)cc1. The van der Waals surface area contributed by atoms with Gasteiger partial charge in [-0.15, -0.1) is 0 Å². The van der Waals surface area contributed by atoms with Crippen LogP contribution in [-0.4, -0.2) is 24.9 Å². The topological polar surface area (TPSA) is 77.6 Å². The quantitative estimate of drug-likeness (QED) is 0.229. The molecule has 0 N–H and O–H groups in total. The van der Waals surface area contributed by atoms with Gasteiger partial charge in [0.2, 0.25) is 0 Å². The van der Waals surface area contributed by atoms with Crippen LogP contribution in [0.2, 0.25) is 0 Å². The average molecular weight is 528 g/mol. The summed E-state index contributed by atoms with van der Waals surface area (Å²) in [6, 6.07) is 40.1. The predicted octanol–water partition coefficient (Wildman–Crippen LogP) is 8.38. The van der Waals surface area contributed by atoms with Crippen molar-refractivity contribution in [2.24, 2.45) is 0 Å². The highest BCUT2D eigenvalue weighted by molar-refractivity contribution is 6.05. The highest BCUT2D eigenvalue weighted by Crippen LogP contribution is 2.34. The molecule has 0 amide bonds. The molecular weight excluding hydrogens is 506 g/mol. The van der Waals surface area contributed by atoms with Gasteiger partial charge in [0, 0.05) is 32.8 Å². The summed E-state index contributed by atoms with van der Waals surface area (Å²) in [4.78, 5) is 24.6. The number of aromatic nitrogens is 5. The lowest BCUT2D eigenvalue weighted by atomic mass is 10.0. The second-order valence-corrected chi connectivity index (χ2v) is 9.77. The lowest BCUT2D eigenvalue weighted by Gasteiger charge is -2.12. The van der Waals surface area contributed by atoms with E-state index in [4.69, 9.17) is 29.3 Å². The van der Waals surface area contributed by atoms with E-state index < -0.39 is 0 Å². The lowest BCUT2D eigenvalue weighted by Crippen LogP contribution is -2.01. The van der Waals surface area contributed by atoms with Crippen LogP contribution in [-0.2, 0) is 0 Å². The van der Waals surface area contributed by atoms with Crippen LogP contribution in [0, 0.1) is 0 Å². The summed E-state index contributed by atoms with van der Waals surface area (Å²) in [5, 5.41) is 3.00. The molecule has 6 nitrogen and oxygen atoms in total. The van der Waals surface area contributed by atoms with Crippen molar-refractivity contribution >= 4 is 32.8 Å². The van der Waals surface area contributed by atoms with Crippen LogP contribution >= 0.6 is 0 Å². The second kappa shape index (κ2) is 9.47. The third-order valence-electron chi connectivity index (χ3n) is 7.18.